The van der Waals surface area contributed by atoms with Crippen molar-refractivity contribution in [2.75, 3.05) is 7.05 Å². The Labute approximate surface area is 125 Å². The lowest BCUT2D eigenvalue weighted by Gasteiger charge is -2.18. The largest absolute Gasteiger partial charge is 0.313 e. The van der Waals surface area contributed by atoms with Crippen LogP contribution in [-0.4, -0.2) is 7.05 Å². The fraction of sp³-hybridized carbons (Fsp3) is 0.333. The lowest BCUT2D eigenvalue weighted by Crippen LogP contribution is -2.18. The molecule has 0 fully saturated rings. The topological polar surface area (TPSA) is 12.0 Å². The standard InChI is InChI=1S/C18H21F2N/c1-13-11-15(17(20)12-16(13)19)18(21-2)10-6-9-14-7-4-3-5-8-14/h3-5,7-8,11-12,18,21H,6,9-10H2,1-2H3. The van der Waals surface area contributed by atoms with Gasteiger partial charge in [-0.25, -0.2) is 8.78 Å². The SMILES string of the molecule is CNC(CCCc1ccccc1)c1cc(C)c(F)cc1F. The van der Waals surface area contributed by atoms with Crippen molar-refractivity contribution in [2.24, 2.45) is 0 Å². The van der Waals surface area contributed by atoms with Crippen molar-refractivity contribution in [2.45, 2.75) is 32.2 Å². The maximum Gasteiger partial charge on any atom is 0.130 e. The first-order valence-electron chi connectivity index (χ1n) is 7.28. The van der Waals surface area contributed by atoms with Gasteiger partial charge in [-0.2, -0.15) is 0 Å². The molecule has 0 aliphatic rings. The summed E-state index contributed by atoms with van der Waals surface area (Å²) in [5.74, 6) is -0.965. The molecule has 21 heavy (non-hydrogen) atoms. The van der Waals surface area contributed by atoms with E-state index in [1.165, 1.54) is 5.56 Å². The van der Waals surface area contributed by atoms with E-state index in [0.29, 0.717) is 11.1 Å². The van der Waals surface area contributed by atoms with Crippen LogP contribution >= 0.6 is 0 Å². The van der Waals surface area contributed by atoms with Crippen molar-refractivity contribution >= 4 is 0 Å². The maximum atomic E-state index is 13.9. The Balaban J connectivity index is 2.02. The predicted octanol–water partition coefficient (Wildman–Crippen LogP) is 4.56. The molecule has 1 N–H and O–H groups in total. The minimum absolute atomic E-state index is 0.0898. The fourth-order valence-electron chi connectivity index (χ4n) is 2.56. The number of nitrogens with one attached hydrogen (secondary N) is 1. The fourth-order valence-corrected chi connectivity index (χ4v) is 2.56. The average Bonchev–Trinajstić information content (AvgIpc) is 2.49. The summed E-state index contributed by atoms with van der Waals surface area (Å²) in [6.07, 6.45) is 2.72. The summed E-state index contributed by atoms with van der Waals surface area (Å²) in [5, 5.41) is 3.13. The van der Waals surface area contributed by atoms with Gasteiger partial charge in [0.1, 0.15) is 11.6 Å². The zero-order valence-corrected chi connectivity index (χ0v) is 12.5. The van der Waals surface area contributed by atoms with E-state index in [0.717, 1.165) is 25.3 Å². The van der Waals surface area contributed by atoms with Gasteiger partial charge in [-0.05, 0) is 50.4 Å². The van der Waals surface area contributed by atoms with E-state index in [1.807, 2.05) is 25.2 Å². The van der Waals surface area contributed by atoms with Crippen molar-refractivity contribution < 1.29 is 8.78 Å². The number of rotatable bonds is 6. The zero-order chi connectivity index (χ0) is 15.2. The van der Waals surface area contributed by atoms with Crippen molar-refractivity contribution in [1.82, 2.24) is 5.32 Å². The first kappa shape index (κ1) is 15.6. The molecule has 112 valence electrons. The lowest BCUT2D eigenvalue weighted by atomic mass is 9.97. The summed E-state index contributed by atoms with van der Waals surface area (Å²) in [4.78, 5) is 0. The highest BCUT2D eigenvalue weighted by atomic mass is 19.1. The summed E-state index contributed by atoms with van der Waals surface area (Å²) in [6.45, 7) is 1.66. The normalized spacial score (nSPS) is 12.4. The molecule has 0 aromatic heterocycles. The highest BCUT2D eigenvalue weighted by molar-refractivity contribution is 5.28. The average molecular weight is 289 g/mol. The molecule has 0 aliphatic heterocycles. The molecule has 0 saturated heterocycles. The van der Waals surface area contributed by atoms with E-state index in [4.69, 9.17) is 0 Å². The highest BCUT2D eigenvalue weighted by Crippen LogP contribution is 2.24. The number of hydrogen-bond donors (Lipinski definition) is 1. The van der Waals surface area contributed by atoms with Gasteiger partial charge in [0.15, 0.2) is 0 Å². The Hall–Kier alpha value is -1.74. The molecule has 2 rings (SSSR count). The van der Waals surface area contributed by atoms with Crippen molar-refractivity contribution in [3.8, 4) is 0 Å². The van der Waals surface area contributed by atoms with Crippen LogP contribution < -0.4 is 5.32 Å². The van der Waals surface area contributed by atoms with E-state index in [1.54, 1.807) is 13.0 Å². The Bertz CT molecular complexity index is 581. The van der Waals surface area contributed by atoms with Crippen molar-refractivity contribution in [3.05, 3.63) is 70.8 Å². The monoisotopic (exact) mass is 289 g/mol. The Morgan fingerprint density at radius 1 is 1.05 bits per heavy atom. The zero-order valence-electron chi connectivity index (χ0n) is 12.5. The van der Waals surface area contributed by atoms with Crippen LogP contribution in [0, 0.1) is 18.6 Å². The molecule has 0 saturated carbocycles. The van der Waals surface area contributed by atoms with Crippen LogP contribution in [0.2, 0.25) is 0 Å². The van der Waals surface area contributed by atoms with Crippen LogP contribution in [0.1, 0.15) is 35.6 Å². The number of halogens is 2. The molecule has 1 atom stereocenters. The Morgan fingerprint density at radius 2 is 1.76 bits per heavy atom. The highest BCUT2D eigenvalue weighted by Gasteiger charge is 2.16. The van der Waals surface area contributed by atoms with Gasteiger partial charge in [0, 0.05) is 17.7 Å². The summed E-state index contributed by atoms with van der Waals surface area (Å²) in [5.41, 5.74) is 2.31. The van der Waals surface area contributed by atoms with E-state index in [-0.39, 0.29) is 6.04 Å². The summed E-state index contributed by atoms with van der Waals surface area (Å²) < 4.78 is 27.3. The Kier molecular flexibility index (Phi) is 5.45. The number of benzene rings is 2. The van der Waals surface area contributed by atoms with E-state index >= 15 is 0 Å². The van der Waals surface area contributed by atoms with Crippen LogP contribution in [0.5, 0.6) is 0 Å². The molecule has 2 aromatic rings. The minimum Gasteiger partial charge on any atom is -0.313 e. The van der Waals surface area contributed by atoms with Gasteiger partial charge >= 0.3 is 0 Å². The molecule has 0 bridgehead atoms. The molecule has 0 spiro atoms. The van der Waals surface area contributed by atoms with Gasteiger partial charge < -0.3 is 5.32 Å². The minimum atomic E-state index is -0.490. The van der Waals surface area contributed by atoms with Crippen LogP contribution in [0.15, 0.2) is 42.5 Å². The maximum absolute atomic E-state index is 13.9. The molecule has 0 amide bonds. The van der Waals surface area contributed by atoms with Crippen LogP contribution in [0.25, 0.3) is 0 Å². The van der Waals surface area contributed by atoms with Gasteiger partial charge in [-0.15, -0.1) is 0 Å². The summed E-state index contributed by atoms with van der Waals surface area (Å²) in [7, 11) is 1.81. The van der Waals surface area contributed by atoms with E-state index in [2.05, 4.69) is 17.4 Å². The lowest BCUT2D eigenvalue weighted by molar-refractivity contribution is 0.487. The van der Waals surface area contributed by atoms with Crippen molar-refractivity contribution in [1.29, 1.82) is 0 Å². The molecular formula is C18H21F2N. The molecule has 3 heteroatoms. The molecule has 1 unspecified atom stereocenters. The third kappa shape index (κ3) is 4.11. The third-order valence-corrected chi connectivity index (χ3v) is 3.80. The molecular weight excluding hydrogens is 268 g/mol. The second kappa shape index (κ2) is 7.32. The van der Waals surface area contributed by atoms with Gasteiger partial charge in [0.25, 0.3) is 0 Å². The van der Waals surface area contributed by atoms with Gasteiger partial charge in [0.05, 0.1) is 0 Å². The van der Waals surface area contributed by atoms with Crippen molar-refractivity contribution in [3.63, 3.8) is 0 Å². The summed E-state index contributed by atoms with van der Waals surface area (Å²) >= 11 is 0. The van der Waals surface area contributed by atoms with Gasteiger partial charge in [-0.3, -0.25) is 0 Å². The van der Waals surface area contributed by atoms with E-state index < -0.39 is 11.6 Å². The molecule has 1 nitrogen and oxygen atoms in total. The third-order valence-electron chi connectivity index (χ3n) is 3.80. The Morgan fingerprint density at radius 3 is 2.43 bits per heavy atom. The molecule has 2 aromatic carbocycles. The number of aryl methyl sites for hydroxylation is 2. The number of hydrogen-bond acceptors (Lipinski definition) is 1. The van der Waals surface area contributed by atoms with E-state index in [9.17, 15) is 8.78 Å². The van der Waals surface area contributed by atoms with Crippen LogP contribution in [-0.2, 0) is 6.42 Å². The summed E-state index contributed by atoms with van der Waals surface area (Å²) in [6, 6.07) is 12.7. The van der Waals surface area contributed by atoms with Crippen LogP contribution in [0.3, 0.4) is 0 Å². The molecule has 0 heterocycles. The smallest absolute Gasteiger partial charge is 0.130 e. The molecule has 0 aliphatic carbocycles. The van der Waals surface area contributed by atoms with Gasteiger partial charge in [0.2, 0.25) is 0 Å². The predicted molar refractivity (Wildman–Crippen MR) is 82.3 cm³/mol. The van der Waals surface area contributed by atoms with Crippen LogP contribution in [0.4, 0.5) is 8.78 Å². The first-order valence-corrected chi connectivity index (χ1v) is 7.28. The second-order valence-corrected chi connectivity index (χ2v) is 5.34. The quantitative estimate of drug-likeness (QED) is 0.822. The van der Waals surface area contributed by atoms with Gasteiger partial charge in [-0.1, -0.05) is 30.3 Å². The first-order chi connectivity index (χ1) is 10.1. The second-order valence-electron chi connectivity index (χ2n) is 5.34. The molecule has 0 radical (unpaired) electrons.